The summed E-state index contributed by atoms with van der Waals surface area (Å²) in [7, 11) is 0. The lowest BCUT2D eigenvalue weighted by molar-refractivity contribution is 0.210. The summed E-state index contributed by atoms with van der Waals surface area (Å²) in [4.78, 5) is 4.11. The number of nitriles is 1. The van der Waals surface area contributed by atoms with Crippen LogP contribution in [0.5, 0.6) is 0 Å². The van der Waals surface area contributed by atoms with Crippen LogP contribution in [0.15, 0.2) is 36.8 Å². The molecule has 0 saturated heterocycles. The van der Waals surface area contributed by atoms with E-state index in [-0.39, 0.29) is 0 Å². The van der Waals surface area contributed by atoms with Crippen LogP contribution in [0.25, 0.3) is 0 Å². The fraction of sp³-hybridized carbons (Fsp3) is 0.286. The van der Waals surface area contributed by atoms with E-state index in [0.717, 1.165) is 24.1 Å². The Labute approximate surface area is 105 Å². The Morgan fingerprint density at radius 1 is 1.33 bits per heavy atom. The van der Waals surface area contributed by atoms with Gasteiger partial charge in [-0.1, -0.05) is 12.1 Å². The second kappa shape index (κ2) is 4.28. The Hall–Kier alpha value is -2.12. The van der Waals surface area contributed by atoms with E-state index < -0.39 is 6.10 Å². The normalized spacial score (nSPS) is 16.2. The Balaban J connectivity index is 1.90. The van der Waals surface area contributed by atoms with Gasteiger partial charge in [-0.3, -0.25) is 0 Å². The van der Waals surface area contributed by atoms with E-state index in [4.69, 9.17) is 5.26 Å². The maximum absolute atomic E-state index is 10.4. The largest absolute Gasteiger partial charge is 0.382 e. The lowest BCUT2D eigenvalue weighted by Crippen LogP contribution is -2.07. The summed E-state index contributed by atoms with van der Waals surface area (Å²) in [6, 6.07) is 9.57. The van der Waals surface area contributed by atoms with Gasteiger partial charge in [-0.2, -0.15) is 5.26 Å². The second-order valence-corrected chi connectivity index (χ2v) is 4.59. The number of nitrogens with zero attached hydrogens (tertiary/aromatic N) is 3. The third-order valence-corrected chi connectivity index (χ3v) is 3.27. The van der Waals surface area contributed by atoms with Crippen LogP contribution in [0.4, 0.5) is 0 Å². The first kappa shape index (κ1) is 11.0. The Morgan fingerprint density at radius 2 is 2.06 bits per heavy atom. The van der Waals surface area contributed by atoms with Gasteiger partial charge in [0.1, 0.15) is 6.10 Å². The number of aliphatic hydroxyl groups is 1. The lowest BCUT2D eigenvalue weighted by Gasteiger charge is -2.13. The zero-order valence-electron chi connectivity index (χ0n) is 9.82. The van der Waals surface area contributed by atoms with E-state index in [1.54, 1.807) is 36.8 Å². The van der Waals surface area contributed by atoms with Gasteiger partial charge in [0.15, 0.2) is 0 Å². The molecule has 1 unspecified atom stereocenters. The van der Waals surface area contributed by atoms with Crippen molar-refractivity contribution in [1.29, 1.82) is 5.26 Å². The summed E-state index contributed by atoms with van der Waals surface area (Å²) in [5.41, 5.74) is 2.21. The first-order chi connectivity index (χ1) is 8.79. The molecule has 0 spiro atoms. The van der Waals surface area contributed by atoms with Crippen molar-refractivity contribution in [2.75, 3.05) is 0 Å². The molecule has 0 radical (unpaired) electrons. The van der Waals surface area contributed by atoms with Crippen LogP contribution < -0.4 is 0 Å². The second-order valence-electron chi connectivity index (χ2n) is 4.59. The van der Waals surface area contributed by atoms with Crippen molar-refractivity contribution in [2.45, 2.75) is 25.0 Å². The fourth-order valence-corrected chi connectivity index (χ4v) is 2.10. The van der Waals surface area contributed by atoms with Crippen LogP contribution in [0.3, 0.4) is 0 Å². The summed E-state index contributed by atoms with van der Waals surface area (Å²) in [5.74, 6) is 0. The van der Waals surface area contributed by atoms with Gasteiger partial charge in [-0.05, 0) is 30.5 Å². The topological polar surface area (TPSA) is 61.8 Å². The molecule has 18 heavy (non-hydrogen) atoms. The smallest absolute Gasteiger partial charge is 0.121 e. The van der Waals surface area contributed by atoms with E-state index >= 15 is 0 Å². The molecule has 3 rings (SSSR count). The molecular formula is C14H13N3O. The van der Waals surface area contributed by atoms with Gasteiger partial charge >= 0.3 is 0 Å². The molecule has 4 heteroatoms. The average molecular weight is 239 g/mol. The minimum absolute atomic E-state index is 0.496. The van der Waals surface area contributed by atoms with Crippen molar-refractivity contribution in [1.82, 2.24) is 9.55 Å². The molecule has 1 aromatic carbocycles. The molecule has 1 aliphatic carbocycles. The Bertz CT molecular complexity index is 590. The molecule has 1 saturated carbocycles. The summed E-state index contributed by atoms with van der Waals surface area (Å²) < 4.78 is 2.04. The van der Waals surface area contributed by atoms with Crippen molar-refractivity contribution in [3.8, 4) is 6.07 Å². The highest BCUT2D eigenvalue weighted by molar-refractivity contribution is 5.34. The van der Waals surface area contributed by atoms with E-state index in [1.165, 1.54) is 0 Å². The van der Waals surface area contributed by atoms with Gasteiger partial charge in [0.05, 0.1) is 29.9 Å². The van der Waals surface area contributed by atoms with Gasteiger partial charge in [-0.15, -0.1) is 0 Å². The quantitative estimate of drug-likeness (QED) is 0.892. The molecule has 1 aromatic heterocycles. The third-order valence-electron chi connectivity index (χ3n) is 3.27. The summed E-state index contributed by atoms with van der Waals surface area (Å²) in [6.07, 6.45) is 5.12. The molecule has 2 aromatic rings. The fourth-order valence-electron chi connectivity index (χ4n) is 2.10. The van der Waals surface area contributed by atoms with Gasteiger partial charge in [0.2, 0.25) is 0 Å². The van der Waals surface area contributed by atoms with E-state index in [2.05, 4.69) is 11.1 Å². The Kier molecular flexibility index (Phi) is 2.62. The maximum Gasteiger partial charge on any atom is 0.121 e. The summed E-state index contributed by atoms with van der Waals surface area (Å²) in [6.45, 7) is 0. The first-order valence-electron chi connectivity index (χ1n) is 5.99. The highest BCUT2D eigenvalue weighted by Crippen LogP contribution is 2.37. The SMILES string of the molecule is N#Cc1ccc(C(O)c2cncn2C2CC2)cc1. The van der Waals surface area contributed by atoms with Crippen molar-refractivity contribution < 1.29 is 5.11 Å². The first-order valence-corrected chi connectivity index (χ1v) is 5.99. The number of benzene rings is 1. The van der Waals surface area contributed by atoms with Crippen molar-refractivity contribution >= 4 is 0 Å². The Morgan fingerprint density at radius 3 is 2.67 bits per heavy atom. The predicted octanol–water partition coefficient (Wildman–Crippen LogP) is 2.17. The van der Waals surface area contributed by atoms with Crippen LogP contribution in [0, 0.1) is 11.3 Å². The van der Waals surface area contributed by atoms with E-state index in [1.807, 2.05) is 4.57 Å². The van der Waals surface area contributed by atoms with Crippen LogP contribution in [-0.2, 0) is 0 Å². The van der Waals surface area contributed by atoms with Gasteiger partial charge in [0, 0.05) is 6.04 Å². The standard InChI is InChI=1S/C14H13N3O/c15-7-10-1-3-11(4-2-10)14(18)13-8-16-9-17(13)12-5-6-12/h1-4,8-9,12,14,18H,5-6H2. The van der Waals surface area contributed by atoms with Crippen molar-refractivity contribution in [3.05, 3.63) is 53.6 Å². The molecule has 1 aliphatic rings. The zero-order chi connectivity index (χ0) is 12.5. The molecule has 0 bridgehead atoms. The third kappa shape index (κ3) is 1.89. The highest BCUT2D eigenvalue weighted by atomic mass is 16.3. The minimum Gasteiger partial charge on any atom is -0.382 e. The summed E-state index contributed by atoms with van der Waals surface area (Å²) in [5, 5.41) is 19.1. The van der Waals surface area contributed by atoms with Crippen LogP contribution >= 0.6 is 0 Å². The van der Waals surface area contributed by atoms with Gasteiger partial charge < -0.3 is 9.67 Å². The molecule has 1 heterocycles. The summed E-state index contributed by atoms with van der Waals surface area (Å²) >= 11 is 0. The lowest BCUT2D eigenvalue weighted by atomic mass is 10.1. The number of rotatable bonds is 3. The van der Waals surface area contributed by atoms with Crippen LogP contribution in [0.2, 0.25) is 0 Å². The number of aliphatic hydroxyl groups excluding tert-OH is 1. The molecule has 1 atom stereocenters. The highest BCUT2D eigenvalue weighted by Gasteiger charge is 2.27. The predicted molar refractivity (Wildman–Crippen MR) is 65.7 cm³/mol. The molecular weight excluding hydrogens is 226 g/mol. The van der Waals surface area contributed by atoms with Crippen LogP contribution in [-0.4, -0.2) is 14.7 Å². The molecule has 1 N–H and O–H groups in total. The molecule has 90 valence electrons. The molecule has 4 nitrogen and oxygen atoms in total. The average Bonchev–Trinajstić information content (AvgIpc) is 3.15. The van der Waals surface area contributed by atoms with Crippen molar-refractivity contribution in [2.24, 2.45) is 0 Å². The van der Waals surface area contributed by atoms with Gasteiger partial charge in [-0.25, -0.2) is 4.98 Å². The van der Waals surface area contributed by atoms with Crippen LogP contribution in [0.1, 0.15) is 41.8 Å². The zero-order valence-corrected chi connectivity index (χ0v) is 9.82. The van der Waals surface area contributed by atoms with Crippen molar-refractivity contribution in [3.63, 3.8) is 0 Å². The molecule has 0 amide bonds. The van der Waals surface area contributed by atoms with E-state index in [0.29, 0.717) is 11.6 Å². The number of imidazole rings is 1. The van der Waals surface area contributed by atoms with Gasteiger partial charge in [0.25, 0.3) is 0 Å². The minimum atomic E-state index is -0.680. The molecule has 1 fully saturated rings. The molecule has 0 aliphatic heterocycles. The number of hydrogen-bond donors (Lipinski definition) is 1. The number of aromatic nitrogens is 2. The monoisotopic (exact) mass is 239 g/mol. The van der Waals surface area contributed by atoms with E-state index in [9.17, 15) is 5.11 Å². The number of hydrogen-bond acceptors (Lipinski definition) is 3. The maximum atomic E-state index is 10.4.